The fraction of sp³-hybridized carbons (Fsp3) is 0.100. The summed E-state index contributed by atoms with van der Waals surface area (Å²) in [6, 6.07) is 5.44. The van der Waals surface area contributed by atoms with Crippen molar-refractivity contribution in [3.05, 3.63) is 36.2 Å². The van der Waals surface area contributed by atoms with Gasteiger partial charge in [-0.3, -0.25) is 5.10 Å². The molecule has 0 amide bonds. The van der Waals surface area contributed by atoms with Crippen LogP contribution in [0.5, 0.6) is 5.75 Å². The van der Waals surface area contributed by atoms with Gasteiger partial charge in [0, 0.05) is 5.56 Å². The predicted molar refractivity (Wildman–Crippen MR) is 50.7 cm³/mol. The molecular formula is C10H7F3N2O. The van der Waals surface area contributed by atoms with E-state index in [4.69, 9.17) is 5.11 Å². The van der Waals surface area contributed by atoms with Crippen molar-refractivity contribution in [2.75, 3.05) is 0 Å². The van der Waals surface area contributed by atoms with Crippen molar-refractivity contribution in [3.63, 3.8) is 0 Å². The van der Waals surface area contributed by atoms with Gasteiger partial charge < -0.3 is 5.11 Å². The highest BCUT2D eigenvalue weighted by Gasteiger charge is 2.35. The number of hydrogen-bond acceptors (Lipinski definition) is 2. The van der Waals surface area contributed by atoms with Crippen molar-refractivity contribution in [2.24, 2.45) is 0 Å². The predicted octanol–water partition coefficient (Wildman–Crippen LogP) is 2.80. The maximum atomic E-state index is 12.5. The van der Waals surface area contributed by atoms with Crippen molar-refractivity contribution in [2.45, 2.75) is 6.18 Å². The van der Waals surface area contributed by atoms with Gasteiger partial charge in [-0.2, -0.15) is 18.3 Å². The van der Waals surface area contributed by atoms with Crippen LogP contribution in [0.25, 0.3) is 11.1 Å². The van der Waals surface area contributed by atoms with E-state index in [2.05, 4.69) is 5.10 Å². The fourth-order valence-corrected chi connectivity index (χ4v) is 1.36. The number of nitrogens with one attached hydrogen (secondary N) is 1. The lowest BCUT2D eigenvalue weighted by Crippen LogP contribution is -2.07. The van der Waals surface area contributed by atoms with Crippen LogP contribution in [-0.2, 0) is 6.18 Å². The Balaban J connectivity index is 2.49. The van der Waals surface area contributed by atoms with Crippen molar-refractivity contribution < 1.29 is 18.3 Å². The Kier molecular flexibility index (Phi) is 2.34. The first-order valence-corrected chi connectivity index (χ1v) is 4.38. The van der Waals surface area contributed by atoms with Crippen LogP contribution >= 0.6 is 0 Å². The lowest BCUT2D eigenvalue weighted by molar-refractivity contribution is -0.140. The summed E-state index contributed by atoms with van der Waals surface area (Å²) in [5.41, 5.74) is -0.579. The molecule has 0 saturated heterocycles. The molecule has 84 valence electrons. The maximum Gasteiger partial charge on any atom is 0.433 e. The fourth-order valence-electron chi connectivity index (χ4n) is 1.36. The van der Waals surface area contributed by atoms with E-state index in [0.717, 1.165) is 6.20 Å². The molecule has 0 spiro atoms. The molecule has 2 rings (SSSR count). The van der Waals surface area contributed by atoms with Crippen LogP contribution in [0.15, 0.2) is 30.5 Å². The Morgan fingerprint density at radius 3 is 2.31 bits per heavy atom. The lowest BCUT2D eigenvalue weighted by atomic mass is 10.1. The molecule has 0 aliphatic heterocycles. The van der Waals surface area contributed by atoms with E-state index in [1.165, 1.54) is 24.3 Å². The van der Waals surface area contributed by atoms with Crippen LogP contribution in [0.2, 0.25) is 0 Å². The lowest BCUT2D eigenvalue weighted by Gasteiger charge is -2.06. The number of H-pyrrole nitrogens is 1. The third-order valence-corrected chi connectivity index (χ3v) is 2.10. The molecule has 1 heterocycles. The zero-order chi connectivity index (χ0) is 11.8. The number of hydrogen-bond donors (Lipinski definition) is 2. The summed E-state index contributed by atoms with van der Waals surface area (Å²) in [4.78, 5) is 0. The van der Waals surface area contributed by atoms with Gasteiger partial charge in [-0.25, -0.2) is 0 Å². The number of rotatable bonds is 1. The van der Waals surface area contributed by atoms with Crippen molar-refractivity contribution in [1.82, 2.24) is 10.2 Å². The second-order valence-corrected chi connectivity index (χ2v) is 3.20. The van der Waals surface area contributed by atoms with E-state index in [9.17, 15) is 13.2 Å². The largest absolute Gasteiger partial charge is 0.508 e. The molecule has 6 heteroatoms. The van der Waals surface area contributed by atoms with Gasteiger partial charge >= 0.3 is 6.18 Å². The minimum atomic E-state index is -4.47. The average Bonchev–Trinajstić information content (AvgIpc) is 2.66. The Morgan fingerprint density at radius 2 is 1.75 bits per heavy atom. The Hall–Kier alpha value is -1.98. The molecule has 0 unspecified atom stereocenters. The molecule has 1 aromatic carbocycles. The number of nitrogens with zero attached hydrogens (tertiary/aromatic N) is 1. The zero-order valence-corrected chi connectivity index (χ0v) is 7.92. The van der Waals surface area contributed by atoms with Crippen LogP contribution < -0.4 is 0 Å². The number of phenols is 1. The third kappa shape index (κ3) is 1.86. The van der Waals surface area contributed by atoms with Gasteiger partial charge in [-0.05, 0) is 17.7 Å². The summed E-state index contributed by atoms with van der Waals surface area (Å²) in [6.07, 6.45) is -3.36. The first kappa shape index (κ1) is 10.5. The molecule has 2 N–H and O–H groups in total. The molecule has 0 bridgehead atoms. The van der Waals surface area contributed by atoms with E-state index >= 15 is 0 Å². The average molecular weight is 228 g/mol. The molecular weight excluding hydrogens is 221 g/mol. The number of halogens is 3. The molecule has 16 heavy (non-hydrogen) atoms. The van der Waals surface area contributed by atoms with Gasteiger partial charge in [0.25, 0.3) is 0 Å². The third-order valence-electron chi connectivity index (χ3n) is 2.10. The summed E-state index contributed by atoms with van der Waals surface area (Å²) in [7, 11) is 0. The van der Waals surface area contributed by atoms with Gasteiger partial charge in [0.05, 0.1) is 6.20 Å². The first-order valence-electron chi connectivity index (χ1n) is 4.38. The SMILES string of the molecule is Oc1ccc(-c2cn[nH]c2C(F)(F)F)cc1. The molecule has 0 fully saturated rings. The van der Waals surface area contributed by atoms with E-state index in [1.54, 1.807) is 0 Å². The van der Waals surface area contributed by atoms with E-state index in [0.29, 0.717) is 5.56 Å². The molecule has 1 aromatic heterocycles. The maximum absolute atomic E-state index is 12.5. The number of benzene rings is 1. The summed E-state index contributed by atoms with van der Waals surface area (Å²) >= 11 is 0. The normalized spacial score (nSPS) is 11.7. The van der Waals surface area contributed by atoms with Gasteiger partial charge in [-0.15, -0.1) is 0 Å². The van der Waals surface area contributed by atoms with Crippen LogP contribution in [0.3, 0.4) is 0 Å². The van der Waals surface area contributed by atoms with Crippen molar-refractivity contribution >= 4 is 0 Å². The number of aromatic hydroxyl groups is 1. The Morgan fingerprint density at radius 1 is 1.12 bits per heavy atom. The highest BCUT2D eigenvalue weighted by Crippen LogP contribution is 2.35. The molecule has 0 aliphatic carbocycles. The van der Waals surface area contributed by atoms with Crippen molar-refractivity contribution in [1.29, 1.82) is 0 Å². The molecule has 0 atom stereocenters. The second-order valence-electron chi connectivity index (χ2n) is 3.20. The standard InChI is InChI=1S/C10H7F3N2O/c11-10(12,13)9-8(5-14-15-9)6-1-3-7(16)4-2-6/h1-5,16H,(H,14,15). The molecule has 0 aliphatic rings. The minimum Gasteiger partial charge on any atom is -0.508 e. The molecule has 0 radical (unpaired) electrons. The minimum absolute atomic E-state index is 0.000744. The quantitative estimate of drug-likeness (QED) is 0.788. The molecule has 2 aromatic rings. The number of aromatic nitrogens is 2. The van der Waals surface area contributed by atoms with Crippen molar-refractivity contribution in [3.8, 4) is 16.9 Å². The number of alkyl halides is 3. The molecule has 0 saturated carbocycles. The summed E-state index contributed by atoms with van der Waals surface area (Å²) in [5, 5.41) is 14.3. The Labute approximate surface area is 88.5 Å². The highest BCUT2D eigenvalue weighted by molar-refractivity contribution is 5.66. The van der Waals surface area contributed by atoms with Gasteiger partial charge in [0.2, 0.25) is 0 Å². The summed E-state index contributed by atoms with van der Waals surface area (Å²) < 4.78 is 37.6. The highest BCUT2D eigenvalue weighted by atomic mass is 19.4. The smallest absolute Gasteiger partial charge is 0.433 e. The number of aromatic amines is 1. The summed E-state index contributed by atoms with van der Waals surface area (Å²) in [6.45, 7) is 0. The van der Waals surface area contributed by atoms with Crippen LogP contribution in [0.1, 0.15) is 5.69 Å². The monoisotopic (exact) mass is 228 g/mol. The number of phenolic OH excluding ortho intramolecular Hbond substituents is 1. The second kappa shape index (κ2) is 3.55. The van der Waals surface area contributed by atoms with Crippen LogP contribution in [0, 0.1) is 0 Å². The van der Waals surface area contributed by atoms with E-state index < -0.39 is 11.9 Å². The van der Waals surface area contributed by atoms with Gasteiger partial charge in [0.1, 0.15) is 11.4 Å². The van der Waals surface area contributed by atoms with E-state index in [-0.39, 0.29) is 11.3 Å². The van der Waals surface area contributed by atoms with Crippen LogP contribution in [-0.4, -0.2) is 15.3 Å². The molecule has 3 nitrogen and oxygen atoms in total. The Bertz CT molecular complexity index is 488. The summed E-state index contributed by atoms with van der Waals surface area (Å²) in [5.74, 6) is 0.000744. The van der Waals surface area contributed by atoms with Crippen LogP contribution in [0.4, 0.5) is 13.2 Å². The first-order chi connectivity index (χ1) is 7.48. The zero-order valence-electron chi connectivity index (χ0n) is 7.92. The topological polar surface area (TPSA) is 48.9 Å². The van der Waals surface area contributed by atoms with Gasteiger partial charge in [-0.1, -0.05) is 12.1 Å². The van der Waals surface area contributed by atoms with E-state index in [1.807, 2.05) is 5.10 Å². The van der Waals surface area contributed by atoms with Gasteiger partial charge in [0.15, 0.2) is 0 Å².